The molecule has 1 aromatic carbocycles. The predicted molar refractivity (Wildman–Crippen MR) is 183 cm³/mol. The van der Waals surface area contributed by atoms with Crippen LogP contribution in [0.25, 0.3) is 0 Å². The summed E-state index contributed by atoms with van der Waals surface area (Å²) < 4.78 is 0. The number of rotatable bonds is 5. The molecule has 6 amide bonds. The highest BCUT2D eigenvalue weighted by atomic mass is 32.1. The molecule has 0 bridgehead atoms. The lowest BCUT2D eigenvalue weighted by Crippen LogP contribution is -2.61. The lowest BCUT2D eigenvalue weighted by molar-refractivity contribution is -0.143. The highest BCUT2D eigenvalue weighted by molar-refractivity contribution is 7.13. The highest BCUT2D eigenvalue weighted by Crippen LogP contribution is 2.29. The number of hydrogen-bond acceptors (Lipinski definition) is 9. The SMILES string of the molecule is C[C@@H]1NC(=O)[C@@H]2C[C@@H](NC(=O)c3nc4c(s3)CCCC4)CN2C(=O)[C@H](Cc2ccccc2)NC(=O)[C@H]([C@@H](C)O)NC(=O)[C@@H]2CCC[C@H]2NC1=O. The Balaban J connectivity index is 1.31. The van der Waals surface area contributed by atoms with Crippen molar-refractivity contribution in [3.63, 3.8) is 0 Å². The van der Waals surface area contributed by atoms with Crippen molar-refractivity contribution in [2.75, 3.05) is 6.54 Å². The molecule has 50 heavy (non-hydrogen) atoms. The number of aryl methyl sites for hydroxylation is 2. The maximum absolute atomic E-state index is 14.5. The van der Waals surface area contributed by atoms with E-state index in [0.29, 0.717) is 24.3 Å². The molecule has 14 nitrogen and oxygen atoms in total. The normalized spacial score (nSPS) is 29.9. The third-order valence-corrected chi connectivity index (χ3v) is 11.3. The summed E-state index contributed by atoms with van der Waals surface area (Å²) in [5.74, 6) is -3.95. The molecule has 6 rings (SSSR count). The number of aromatic nitrogens is 1. The van der Waals surface area contributed by atoms with E-state index in [1.54, 1.807) is 24.3 Å². The zero-order chi connectivity index (χ0) is 35.5. The fourth-order valence-corrected chi connectivity index (χ4v) is 8.49. The molecular weight excluding hydrogens is 662 g/mol. The van der Waals surface area contributed by atoms with E-state index >= 15 is 0 Å². The zero-order valence-corrected chi connectivity index (χ0v) is 29.1. The van der Waals surface area contributed by atoms with E-state index in [1.165, 1.54) is 30.1 Å². The molecule has 268 valence electrons. The fourth-order valence-electron chi connectivity index (χ4n) is 7.44. The van der Waals surface area contributed by atoms with Crippen LogP contribution in [-0.4, -0.2) is 99.3 Å². The Morgan fingerprint density at radius 3 is 2.46 bits per heavy atom. The van der Waals surface area contributed by atoms with Crippen LogP contribution in [0, 0.1) is 5.92 Å². The molecule has 3 fully saturated rings. The molecular formula is C35H45N7O7S. The van der Waals surface area contributed by atoms with Gasteiger partial charge in [0.15, 0.2) is 5.01 Å². The summed E-state index contributed by atoms with van der Waals surface area (Å²) in [5.41, 5.74) is 1.67. The summed E-state index contributed by atoms with van der Waals surface area (Å²) in [7, 11) is 0. The lowest BCUT2D eigenvalue weighted by atomic mass is 10.00. The van der Waals surface area contributed by atoms with Gasteiger partial charge in [-0.15, -0.1) is 11.3 Å². The van der Waals surface area contributed by atoms with Crippen molar-refractivity contribution in [3.05, 3.63) is 51.5 Å². The number of carbonyl (C=O) groups is 6. The number of nitrogens with one attached hydrogen (secondary N) is 5. The van der Waals surface area contributed by atoms with E-state index in [4.69, 9.17) is 0 Å². The summed E-state index contributed by atoms with van der Waals surface area (Å²) in [5, 5.41) is 25.0. The largest absolute Gasteiger partial charge is 0.391 e. The molecule has 2 aromatic rings. The minimum Gasteiger partial charge on any atom is -0.391 e. The average molecular weight is 708 g/mol. The number of amides is 6. The number of benzene rings is 1. The Morgan fingerprint density at radius 2 is 1.72 bits per heavy atom. The summed E-state index contributed by atoms with van der Waals surface area (Å²) >= 11 is 1.36. The van der Waals surface area contributed by atoms with Crippen LogP contribution < -0.4 is 26.6 Å². The second kappa shape index (κ2) is 15.3. The molecule has 6 N–H and O–H groups in total. The van der Waals surface area contributed by atoms with Crippen molar-refractivity contribution in [2.45, 2.75) is 114 Å². The van der Waals surface area contributed by atoms with Gasteiger partial charge >= 0.3 is 0 Å². The van der Waals surface area contributed by atoms with Crippen LogP contribution in [0.1, 0.15) is 78.3 Å². The lowest BCUT2D eigenvalue weighted by Gasteiger charge is -2.32. The minimum absolute atomic E-state index is 0.0319. The Hall–Kier alpha value is -4.37. The standard InChI is InChI=1S/C35H45N7O7S/c1-18-29(44)38-23-13-8-11-22(23)30(45)41-28(19(2)43)32(47)39-25(15-20-9-4-3-5-10-20)35(49)42-17-21(16-26(42)31(46)36-18)37-33(48)34-40-24-12-6-7-14-27(24)50-34/h3-5,9-10,18-19,21-23,25-26,28,43H,6-8,11-17H2,1-2H3,(H,36,46)(H,37,48)(H,38,44)(H,39,47)(H,41,45)/t18-,19+,21+,22+,23+,25-,26-,28-/m0/s1. The Kier molecular flexibility index (Phi) is 10.8. The van der Waals surface area contributed by atoms with Gasteiger partial charge in [-0.2, -0.15) is 0 Å². The number of thiazole rings is 1. The third kappa shape index (κ3) is 7.83. The van der Waals surface area contributed by atoms with Gasteiger partial charge in [-0.3, -0.25) is 28.8 Å². The first-order chi connectivity index (χ1) is 24.0. The molecule has 0 unspecified atom stereocenters. The molecule has 15 heteroatoms. The van der Waals surface area contributed by atoms with Gasteiger partial charge in [0.2, 0.25) is 29.5 Å². The molecule has 2 aliphatic carbocycles. The summed E-state index contributed by atoms with van der Waals surface area (Å²) in [6, 6.07) is 3.25. The topological polar surface area (TPSA) is 199 Å². The minimum atomic E-state index is -1.38. The number of fused-ring (bicyclic) bond motifs is 3. The average Bonchev–Trinajstić information content (AvgIpc) is 3.85. The first kappa shape index (κ1) is 35.5. The molecule has 2 aliphatic heterocycles. The number of hydrogen-bond donors (Lipinski definition) is 6. The number of carbonyl (C=O) groups excluding carboxylic acids is 6. The molecule has 8 atom stereocenters. The van der Waals surface area contributed by atoms with Gasteiger partial charge in [0.1, 0.15) is 24.2 Å². The molecule has 4 aliphatic rings. The number of aliphatic hydroxyl groups is 1. The molecule has 2 saturated heterocycles. The first-order valence-corrected chi connectivity index (χ1v) is 18.3. The Bertz CT molecular complexity index is 1610. The quantitative estimate of drug-likeness (QED) is 0.252. The summed E-state index contributed by atoms with van der Waals surface area (Å²) in [4.78, 5) is 89.2. The van der Waals surface area contributed by atoms with Gasteiger partial charge in [-0.1, -0.05) is 36.8 Å². The third-order valence-electron chi connectivity index (χ3n) is 10.2. The zero-order valence-electron chi connectivity index (χ0n) is 28.3. The van der Waals surface area contributed by atoms with E-state index in [-0.39, 0.29) is 25.3 Å². The summed E-state index contributed by atoms with van der Waals surface area (Å²) in [6.07, 6.45) is 4.28. The van der Waals surface area contributed by atoms with Crippen LogP contribution in [0.3, 0.4) is 0 Å². The van der Waals surface area contributed by atoms with Crippen molar-refractivity contribution < 1.29 is 33.9 Å². The molecule has 1 aromatic heterocycles. The fraction of sp³-hybridized carbons (Fsp3) is 0.571. The molecule has 1 saturated carbocycles. The van der Waals surface area contributed by atoms with Crippen molar-refractivity contribution in [1.82, 2.24) is 36.5 Å². The van der Waals surface area contributed by atoms with Crippen molar-refractivity contribution in [3.8, 4) is 0 Å². The van der Waals surface area contributed by atoms with Gasteiger partial charge in [-0.25, -0.2) is 4.98 Å². The smallest absolute Gasteiger partial charge is 0.280 e. The van der Waals surface area contributed by atoms with Crippen LogP contribution in [0.4, 0.5) is 0 Å². The van der Waals surface area contributed by atoms with Crippen LogP contribution >= 0.6 is 11.3 Å². The van der Waals surface area contributed by atoms with E-state index in [2.05, 4.69) is 31.6 Å². The van der Waals surface area contributed by atoms with E-state index in [9.17, 15) is 33.9 Å². The van der Waals surface area contributed by atoms with Crippen LogP contribution in [0.15, 0.2) is 30.3 Å². The van der Waals surface area contributed by atoms with Gasteiger partial charge in [0.25, 0.3) is 5.91 Å². The van der Waals surface area contributed by atoms with E-state index < -0.39 is 77.8 Å². The highest BCUT2D eigenvalue weighted by Gasteiger charge is 2.45. The maximum Gasteiger partial charge on any atom is 0.280 e. The second-order valence-corrected chi connectivity index (χ2v) is 15.0. The maximum atomic E-state index is 14.5. The van der Waals surface area contributed by atoms with E-state index in [0.717, 1.165) is 41.8 Å². The van der Waals surface area contributed by atoms with Crippen molar-refractivity contribution >= 4 is 46.8 Å². The van der Waals surface area contributed by atoms with Crippen LogP contribution in [0.2, 0.25) is 0 Å². The first-order valence-electron chi connectivity index (χ1n) is 17.5. The van der Waals surface area contributed by atoms with Gasteiger partial charge < -0.3 is 36.6 Å². The Morgan fingerprint density at radius 1 is 0.960 bits per heavy atom. The monoisotopic (exact) mass is 707 g/mol. The van der Waals surface area contributed by atoms with Gasteiger partial charge in [0, 0.05) is 29.9 Å². The number of nitrogens with zero attached hydrogens (tertiary/aromatic N) is 2. The van der Waals surface area contributed by atoms with E-state index in [1.807, 2.05) is 6.07 Å². The van der Waals surface area contributed by atoms with Crippen LogP contribution in [0.5, 0.6) is 0 Å². The Labute approximate surface area is 294 Å². The van der Waals surface area contributed by atoms with Gasteiger partial charge in [0.05, 0.1) is 17.7 Å². The summed E-state index contributed by atoms with van der Waals surface area (Å²) in [6.45, 7) is 2.88. The second-order valence-electron chi connectivity index (χ2n) is 13.9. The number of aliphatic hydroxyl groups excluding tert-OH is 1. The molecule has 0 spiro atoms. The predicted octanol–water partition coefficient (Wildman–Crippen LogP) is 0.118. The molecule has 0 radical (unpaired) electrons. The van der Waals surface area contributed by atoms with Gasteiger partial charge in [-0.05, 0) is 64.4 Å². The van der Waals surface area contributed by atoms with Crippen molar-refractivity contribution in [2.24, 2.45) is 5.92 Å². The van der Waals surface area contributed by atoms with Crippen molar-refractivity contribution in [1.29, 1.82) is 0 Å². The molecule has 3 heterocycles. The van der Waals surface area contributed by atoms with Crippen LogP contribution in [-0.2, 0) is 43.2 Å².